The molecule has 1 nitrogen and oxygen atoms in total. The Morgan fingerprint density at radius 2 is 1.67 bits per heavy atom. The van der Waals surface area contributed by atoms with Crippen LogP contribution in [0.15, 0.2) is 24.3 Å². The predicted molar refractivity (Wildman–Crippen MR) is 62.8 cm³/mol. The number of thiol groups is 1. The molecule has 0 radical (unpaired) electrons. The number of carbonyl (C=O) groups is 1. The van der Waals surface area contributed by atoms with E-state index in [2.05, 4.69) is 45.5 Å². The maximum absolute atomic E-state index is 10.8. The summed E-state index contributed by atoms with van der Waals surface area (Å²) in [5.74, 6) is 0. The summed E-state index contributed by atoms with van der Waals surface area (Å²) < 4.78 is 0. The smallest absolute Gasteiger partial charge is 0.190 e. The van der Waals surface area contributed by atoms with E-state index < -0.39 is 0 Å². The van der Waals surface area contributed by atoms with Crippen LogP contribution in [0.4, 0.5) is 0 Å². The number of hydrogen-bond acceptors (Lipinski definition) is 1. The zero-order chi connectivity index (χ0) is 10.8. The molecular weight excluding hydrogens is 251 g/mol. The van der Waals surface area contributed by atoms with E-state index in [1.807, 2.05) is 12.1 Å². The van der Waals surface area contributed by atoms with Gasteiger partial charge in [0.25, 0.3) is 0 Å². The molecule has 0 aliphatic carbocycles. The van der Waals surface area contributed by atoms with Gasteiger partial charge in [0.2, 0.25) is 0 Å². The minimum atomic E-state index is -0.0893. The van der Waals surface area contributed by atoms with E-state index in [1.165, 1.54) is 5.56 Å². The van der Waals surface area contributed by atoms with Gasteiger partial charge >= 0.3 is 0 Å². The van der Waals surface area contributed by atoms with E-state index in [-0.39, 0.29) is 27.0 Å². The molecule has 0 aliphatic heterocycles. The first kappa shape index (κ1) is 14.7. The normalized spacial score (nSPS) is 10.7. The zero-order valence-electron chi connectivity index (χ0n) is 9.19. The summed E-state index contributed by atoms with van der Waals surface area (Å²) >= 11 is 3.75. The van der Waals surface area contributed by atoms with E-state index in [9.17, 15) is 4.79 Å². The Kier molecular flexibility index (Phi) is 5.62. The Morgan fingerprint density at radius 1 is 1.20 bits per heavy atom. The van der Waals surface area contributed by atoms with Crippen LogP contribution in [0.25, 0.3) is 0 Å². The Bertz CT molecular complexity index is 324. The van der Waals surface area contributed by atoms with Crippen molar-refractivity contribution in [1.82, 2.24) is 0 Å². The molecule has 1 rings (SSSR count). The first-order valence-electron chi connectivity index (χ1n) is 4.71. The van der Waals surface area contributed by atoms with E-state index >= 15 is 0 Å². The molecule has 0 N–H and O–H groups in total. The molecule has 0 saturated heterocycles. The Morgan fingerprint density at radius 3 is 2.00 bits per heavy atom. The van der Waals surface area contributed by atoms with E-state index in [0.29, 0.717) is 6.42 Å². The van der Waals surface area contributed by atoms with Gasteiger partial charge in [-0.3, -0.25) is 4.79 Å². The number of benzene rings is 1. The maximum atomic E-state index is 10.8. The Balaban J connectivity index is 0.00000196. The number of carbonyl (C=O) groups excluding carboxylic acids is 1. The van der Waals surface area contributed by atoms with Gasteiger partial charge in [0.15, 0.2) is 5.12 Å². The van der Waals surface area contributed by atoms with Crippen molar-refractivity contribution >= 4 is 17.7 Å². The van der Waals surface area contributed by atoms with Crippen LogP contribution in [0, 0.1) is 0 Å². The van der Waals surface area contributed by atoms with Crippen molar-refractivity contribution in [3.05, 3.63) is 35.4 Å². The fraction of sp³-hybridized carbons (Fsp3) is 0.417. The zero-order valence-corrected chi connectivity index (χ0v) is 11.1. The maximum Gasteiger partial charge on any atom is 0.190 e. The predicted octanol–water partition coefficient (Wildman–Crippen LogP) is 2.98. The minimum absolute atomic E-state index is 0. The monoisotopic (exact) mass is 266 g/mol. The SMILES string of the molecule is CC(C)(C)c1ccc(CC(=O)S)cc1.[Ni]. The third-order valence-electron chi connectivity index (χ3n) is 2.18. The van der Waals surface area contributed by atoms with Crippen molar-refractivity contribution in [1.29, 1.82) is 0 Å². The molecule has 0 fully saturated rings. The third kappa shape index (κ3) is 4.86. The summed E-state index contributed by atoms with van der Waals surface area (Å²) in [6.45, 7) is 6.52. The third-order valence-corrected chi connectivity index (χ3v) is 2.33. The summed E-state index contributed by atoms with van der Waals surface area (Å²) in [5, 5.41) is -0.0893. The summed E-state index contributed by atoms with van der Waals surface area (Å²) in [5.41, 5.74) is 2.48. The molecule has 0 unspecified atom stereocenters. The molecule has 0 aliphatic rings. The molecule has 0 heterocycles. The van der Waals surface area contributed by atoms with Crippen LogP contribution in [-0.4, -0.2) is 5.12 Å². The summed E-state index contributed by atoms with van der Waals surface area (Å²) in [6, 6.07) is 8.14. The molecule has 0 saturated carbocycles. The molecule has 3 heteroatoms. The van der Waals surface area contributed by atoms with Gasteiger partial charge in [-0.15, -0.1) is 12.6 Å². The van der Waals surface area contributed by atoms with Gasteiger partial charge in [0.05, 0.1) is 0 Å². The molecule has 0 amide bonds. The van der Waals surface area contributed by atoms with Crippen molar-refractivity contribution < 1.29 is 21.3 Å². The van der Waals surface area contributed by atoms with Gasteiger partial charge in [-0.1, -0.05) is 45.0 Å². The molecular formula is C12H16NiOS. The van der Waals surface area contributed by atoms with Crippen molar-refractivity contribution in [3.8, 4) is 0 Å². The van der Waals surface area contributed by atoms with Crippen LogP contribution in [0.1, 0.15) is 31.9 Å². The van der Waals surface area contributed by atoms with Crippen molar-refractivity contribution in [2.45, 2.75) is 32.6 Å². The van der Waals surface area contributed by atoms with Crippen molar-refractivity contribution in [2.75, 3.05) is 0 Å². The standard InChI is InChI=1S/C12H16OS.Ni/c1-12(2,3)10-6-4-9(5-7-10)8-11(13)14;/h4-7H,8H2,1-3H3,(H,13,14);. The van der Waals surface area contributed by atoms with Crippen LogP contribution < -0.4 is 0 Å². The second kappa shape index (κ2) is 5.72. The second-order valence-corrected chi connectivity index (χ2v) is 5.02. The first-order valence-corrected chi connectivity index (χ1v) is 5.15. The van der Waals surface area contributed by atoms with E-state index in [1.54, 1.807) is 0 Å². The average Bonchev–Trinajstić information content (AvgIpc) is 2.02. The minimum Gasteiger partial charge on any atom is -0.287 e. The molecule has 0 spiro atoms. The quantitative estimate of drug-likeness (QED) is 0.644. The largest absolute Gasteiger partial charge is 0.287 e. The number of hydrogen-bond donors (Lipinski definition) is 1. The average molecular weight is 267 g/mol. The molecule has 0 aromatic heterocycles. The van der Waals surface area contributed by atoms with Crippen LogP contribution in [0.2, 0.25) is 0 Å². The van der Waals surface area contributed by atoms with Crippen LogP contribution in [0.5, 0.6) is 0 Å². The molecule has 1 aromatic carbocycles. The fourth-order valence-corrected chi connectivity index (χ4v) is 1.48. The molecule has 0 atom stereocenters. The van der Waals surface area contributed by atoms with Gasteiger partial charge in [-0.25, -0.2) is 0 Å². The number of rotatable bonds is 2. The summed E-state index contributed by atoms with van der Waals surface area (Å²) in [4.78, 5) is 10.8. The van der Waals surface area contributed by atoms with Gasteiger partial charge < -0.3 is 0 Å². The fourth-order valence-electron chi connectivity index (χ4n) is 1.30. The van der Waals surface area contributed by atoms with Gasteiger partial charge in [0, 0.05) is 22.9 Å². The first-order chi connectivity index (χ1) is 6.39. The summed E-state index contributed by atoms with van der Waals surface area (Å²) in [6.07, 6.45) is 0.410. The Hall–Kier alpha value is -0.266. The van der Waals surface area contributed by atoms with Crippen LogP contribution >= 0.6 is 12.6 Å². The van der Waals surface area contributed by atoms with Gasteiger partial charge in [-0.2, -0.15) is 0 Å². The van der Waals surface area contributed by atoms with Crippen molar-refractivity contribution in [2.24, 2.45) is 0 Å². The van der Waals surface area contributed by atoms with Crippen molar-refractivity contribution in [3.63, 3.8) is 0 Å². The Labute approximate surface area is 107 Å². The van der Waals surface area contributed by atoms with Crippen LogP contribution in [-0.2, 0) is 33.1 Å². The van der Waals surface area contributed by atoms with Gasteiger partial charge in [-0.05, 0) is 16.5 Å². The topological polar surface area (TPSA) is 17.1 Å². The molecule has 15 heavy (non-hydrogen) atoms. The molecule has 86 valence electrons. The van der Waals surface area contributed by atoms with Gasteiger partial charge in [0.1, 0.15) is 0 Å². The molecule has 1 aromatic rings. The summed E-state index contributed by atoms with van der Waals surface area (Å²) in [7, 11) is 0. The molecule has 0 bridgehead atoms. The van der Waals surface area contributed by atoms with E-state index in [4.69, 9.17) is 0 Å². The second-order valence-electron chi connectivity index (χ2n) is 4.52. The van der Waals surface area contributed by atoms with Crippen LogP contribution in [0.3, 0.4) is 0 Å². The van der Waals surface area contributed by atoms with E-state index in [0.717, 1.165) is 5.56 Å².